The lowest BCUT2D eigenvalue weighted by Gasteiger charge is -2.14. The Labute approximate surface area is 140 Å². The van der Waals surface area contributed by atoms with Gasteiger partial charge in [0.2, 0.25) is 5.78 Å². The highest BCUT2D eigenvalue weighted by Gasteiger charge is 2.40. The van der Waals surface area contributed by atoms with Crippen LogP contribution in [0.15, 0.2) is 0 Å². The molecule has 0 fully saturated rings. The van der Waals surface area contributed by atoms with Gasteiger partial charge in [0.25, 0.3) is 0 Å². The molecule has 0 heterocycles. The van der Waals surface area contributed by atoms with Crippen molar-refractivity contribution in [2.75, 3.05) is 0 Å². The van der Waals surface area contributed by atoms with Gasteiger partial charge in [0.15, 0.2) is 0 Å². The quantitative estimate of drug-likeness (QED) is 0.227. The van der Waals surface area contributed by atoms with E-state index in [0.29, 0.717) is 6.42 Å². The van der Waals surface area contributed by atoms with Crippen molar-refractivity contribution in [1.82, 2.24) is 0 Å². The number of rotatable bonds is 16. The van der Waals surface area contributed by atoms with Gasteiger partial charge in [-0.3, -0.25) is 4.79 Å². The Bertz CT molecular complexity index is 325. The summed E-state index contributed by atoms with van der Waals surface area (Å²) in [5, 5.41) is 26.6. The first-order valence-electron chi connectivity index (χ1n) is 9.14. The summed E-state index contributed by atoms with van der Waals surface area (Å²) in [6.45, 7) is 2.23. The zero-order valence-corrected chi connectivity index (χ0v) is 14.6. The second-order valence-corrected chi connectivity index (χ2v) is 6.39. The van der Waals surface area contributed by atoms with E-state index in [1.165, 1.54) is 57.8 Å². The monoisotopic (exact) mass is 330 g/mol. The molecule has 3 N–H and O–H groups in total. The van der Waals surface area contributed by atoms with Crippen LogP contribution in [-0.2, 0) is 9.59 Å². The molecule has 0 aromatic carbocycles. The van der Waals surface area contributed by atoms with Crippen LogP contribution in [0, 0.1) is 0 Å². The Kier molecular flexibility index (Phi) is 12.9. The van der Waals surface area contributed by atoms with Gasteiger partial charge in [-0.25, -0.2) is 4.79 Å². The molecule has 0 unspecified atom stereocenters. The van der Waals surface area contributed by atoms with Gasteiger partial charge in [0.1, 0.15) is 0 Å². The van der Waals surface area contributed by atoms with Crippen molar-refractivity contribution in [2.45, 2.75) is 103 Å². The summed E-state index contributed by atoms with van der Waals surface area (Å²) >= 11 is 0. The summed E-state index contributed by atoms with van der Waals surface area (Å²) in [5.74, 6) is -6.16. The molecule has 0 amide bonds. The van der Waals surface area contributed by atoms with E-state index in [2.05, 4.69) is 6.92 Å². The molecule has 0 radical (unpaired) electrons. The number of carboxylic acid groups (broad SMARTS) is 1. The number of ketones is 1. The molecule has 0 aromatic heterocycles. The highest BCUT2D eigenvalue weighted by molar-refractivity contribution is 6.03. The van der Waals surface area contributed by atoms with E-state index >= 15 is 0 Å². The predicted octanol–water partition coefficient (Wildman–Crippen LogP) is 3.80. The van der Waals surface area contributed by atoms with E-state index in [1.807, 2.05) is 0 Å². The van der Waals surface area contributed by atoms with E-state index in [4.69, 9.17) is 15.3 Å². The van der Waals surface area contributed by atoms with Crippen LogP contribution in [-0.4, -0.2) is 32.9 Å². The molecule has 0 saturated heterocycles. The van der Waals surface area contributed by atoms with Gasteiger partial charge in [-0.15, -0.1) is 0 Å². The van der Waals surface area contributed by atoms with Gasteiger partial charge < -0.3 is 15.3 Å². The lowest BCUT2D eigenvalue weighted by Crippen LogP contribution is -2.46. The van der Waals surface area contributed by atoms with Crippen LogP contribution >= 0.6 is 0 Å². The number of Topliss-reactive ketones (excluding diaryl/α,β-unsaturated/α-hetero) is 1. The van der Waals surface area contributed by atoms with Crippen molar-refractivity contribution in [2.24, 2.45) is 0 Å². The molecular formula is C18H34O5. The average Bonchev–Trinajstić information content (AvgIpc) is 2.51. The maximum Gasteiger partial charge on any atom is 0.372 e. The normalized spacial score (nSPS) is 11.6. The molecule has 0 atom stereocenters. The number of hydrogen-bond donors (Lipinski definition) is 3. The summed E-state index contributed by atoms with van der Waals surface area (Å²) in [4.78, 5) is 21.8. The van der Waals surface area contributed by atoms with E-state index in [9.17, 15) is 9.59 Å². The number of carbonyl (C=O) groups is 2. The molecule has 0 aliphatic heterocycles. The Morgan fingerprint density at radius 2 is 1.04 bits per heavy atom. The second kappa shape index (κ2) is 13.5. The molecular weight excluding hydrogens is 296 g/mol. The minimum Gasteiger partial charge on any atom is -0.477 e. The van der Waals surface area contributed by atoms with Crippen LogP contribution < -0.4 is 0 Å². The number of carboxylic acids is 1. The fraction of sp³-hybridized carbons (Fsp3) is 0.889. The largest absolute Gasteiger partial charge is 0.477 e. The van der Waals surface area contributed by atoms with Gasteiger partial charge in [-0.05, 0) is 6.42 Å². The molecule has 0 rings (SSSR count). The summed E-state index contributed by atoms with van der Waals surface area (Å²) in [7, 11) is 0. The number of hydrogen-bond acceptors (Lipinski definition) is 4. The second-order valence-electron chi connectivity index (χ2n) is 6.39. The average molecular weight is 330 g/mol. The third-order valence-corrected chi connectivity index (χ3v) is 4.19. The third-order valence-electron chi connectivity index (χ3n) is 4.19. The van der Waals surface area contributed by atoms with Crippen LogP contribution in [0.2, 0.25) is 0 Å². The molecule has 0 bridgehead atoms. The predicted molar refractivity (Wildman–Crippen MR) is 90.1 cm³/mol. The van der Waals surface area contributed by atoms with Crippen LogP contribution in [0.3, 0.4) is 0 Å². The molecule has 136 valence electrons. The smallest absolute Gasteiger partial charge is 0.372 e. The van der Waals surface area contributed by atoms with Crippen molar-refractivity contribution >= 4 is 11.8 Å². The van der Waals surface area contributed by atoms with Gasteiger partial charge >= 0.3 is 11.8 Å². The van der Waals surface area contributed by atoms with Crippen LogP contribution in [0.5, 0.6) is 0 Å². The molecule has 23 heavy (non-hydrogen) atoms. The molecule has 5 heteroatoms. The zero-order chi connectivity index (χ0) is 17.6. The van der Waals surface area contributed by atoms with Crippen LogP contribution in [0.1, 0.15) is 96.8 Å². The zero-order valence-electron chi connectivity index (χ0n) is 14.6. The highest BCUT2D eigenvalue weighted by Crippen LogP contribution is 2.14. The molecule has 5 nitrogen and oxygen atoms in total. The SMILES string of the molecule is CCCCCCCCCCCCCCCC(=O)C(O)(O)C(=O)O. The number of aliphatic hydroxyl groups is 2. The van der Waals surface area contributed by atoms with Crippen molar-refractivity contribution in [1.29, 1.82) is 0 Å². The third kappa shape index (κ3) is 11.3. The van der Waals surface area contributed by atoms with E-state index < -0.39 is 17.5 Å². The maximum absolute atomic E-state index is 11.3. The van der Waals surface area contributed by atoms with E-state index in [1.54, 1.807) is 0 Å². The fourth-order valence-electron chi connectivity index (χ4n) is 2.60. The molecule has 0 spiro atoms. The van der Waals surface area contributed by atoms with E-state index in [0.717, 1.165) is 19.3 Å². The first-order valence-corrected chi connectivity index (χ1v) is 9.14. The minimum absolute atomic E-state index is 0.100. The van der Waals surface area contributed by atoms with Gasteiger partial charge in [0.05, 0.1) is 0 Å². The van der Waals surface area contributed by atoms with Crippen molar-refractivity contribution < 1.29 is 24.9 Å². The summed E-state index contributed by atoms with van der Waals surface area (Å²) in [6.07, 6.45) is 15.1. The minimum atomic E-state index is -3.23. The first kappa shape index (κ1) is 22.1. The van der Waals surface area contributed by atoms with Gasteiger partial charge in [-0.2, -0.15) is 0 Å². The summed E-state index contributed by atoms with van der Waals surface area (Å²) in [5.41, 5.74) is 0. The van der Waals surface area contributed by atoms with Crippen molar-refractivity contribution in [3.63, 3.8) is 0 Å². The number of carbonyl (C=O) groups excluding carboxylic acids is 1. The van der Waals surface area contributed by atoms with Gasteiger partial charge in [-0.1, -0.05) is 84.0 Å². The van der Waals surface area contributed by atoms with Crippen LogP contribution in [0.25, 0.3) is 0 Å². The lowest BCUT2D eigenvalue weighted by molar-refractivity contribution is -0.204. The van der Waals surface area contributed by atoms with E-state index in [-0.39, 0.29) is 6.42 Å². The lowest BCUT2D eigenvalue weighted by atomic mass is 10.0. The number of aliphatic carboxylic acids is 1. The van der Waals surface area contributed by atoms with Crippen LogP contribution in [0.4, 0.5) is 0 Å². The Hall–Kier alpha value is -0.940. The van der Waals surface area contributed by atoms with Crippen molar-refractivity contribution in [3.05, 3.63) is 0 Å². The topological polar surface area (TPSA) is 94.8 Å². The molecule has 0 aromatic rings. The molecule has 0 aliphatic carbocycles. The maximum atomic E-state index is 11.3. The van der Waals surface area contributed by atoms with Gasteiger partial charge in [0, 0.05) is 6.42 Å². The number of unbranched alkanes of at least 4 members (excludes halogenated alkanes) is 12. The Morgan fingerprint density at radius 3 is 1.39 bits per heavy atom. The first-order chi connectivity index (χ1) is 10.9. The molecule has 0 saturated carbocycles. The highest BCUT2D eigenvalue weighted by atomic mass is 16.5. The Balaban J connectivity index is 3.34. The molecule has 0 aliphatic rings. The standard InChI is InChI=1S/C18H34O5/c1-2-3-4-5-6-7-8-9-10-11-12-13-14-15-16(19)18(22,23)17(20)21/h22-23H,2-15H2,1H3,(H,20,21). The summed E-state index contributed by atoms with van der Waals surface area (Å²) < 4.78 is 0. The Morgan fingerprint density at radius 1 is 0.696 bits per heavy atom. The fourth-order valence-corrected chi connectivity index (χ4v) is 2.60. The summed E-state index contributed by atoms with van der Waals surface area (Å²) in [6, 6.07) is 0. The van der Waals surface area contributed by atoms with Crippen molar-refractivity contribution in [3.8, 4) is 0 Å².